The first-order valence-electron chi connectivity index (χ1n) is 6.19. The predicted octanol–water partition coefficient (Wildman–Crippen LogP) is 2.46. The predicted molar refractivity (Wildman–Crippen MR) is 71.5 cm³/mol. The highest BCUT2D eigenvalue weighted by atomic mass is 16.3. The number of aryl methyl sites for hydroxylation is 1. The molecule has 2 heterocycles. The van der Waals surface area contributed by atoms with Crippen LogP contribution in [0.5, 0.6) is 0 Å². The number of fused-ring (bicyclic) bond motifs is 1. The summed E-state index contributed by atoms with van der Waals surface area (Å²) in [4.78, 5) is 4.10. The third-order valence-electron chi connectivity index (χ3n) is 3.58. The fourth-order valence-corrected chi connectivity index (χ4v) is 2.52. The van der Waals surface area contributed by atoms with Crippen molar-refractivity contribution in [2.75, 3.05) is 5.32 Å². The minimum atomic E-state index is -0.522. The van der Waals surface area contributed by atoms with Gasteiger partial charge in [0.05, 0.1) is 6.04 Å². The van der Waals surface area contributed by atoms with Gasteiger partial charge in [-0.25, -0.2) is 0 Å². The van der Waals surface area contributed by atoms with Crippen LogP contribution in [0.2, 0.25) is 0 Å². The van der Waals surface area contributed by atoms with Crippen LogP contribution < -0.4 is 5.32 Å². The van der Waals surface area contributed by atoms with Crippen LogP contribution in [0.15, 0.2) is 42.7 Å². The maximum Gasteiger partial charge on any atom is 0.101 e. The summed E-state index contributed by atoms with van der Waals surface area (Å²) in [5.74, 6) is 0. The van der Waals surface area contributed by atoms with E-state index < -0.39 is 6.10 Å². The molecule has 2 unspecified atom stereocenters. The van der Waals surface area contributed by atoms with E-state index in [4.69, 9.17) is 0 Å². The largest absolute Gasteiger partial charge is 0.386 e. The van der Waals surface area contributed by atoms with Crippen LogP contribution in [-0.4, -0.2) is 16.1 Å². The third kappa shape index (κ3) is 1.87. The van der Waals surface area contributed by atoms with E-state index in [0.717, 1.165) is 23.2 Å². The molecule has 0 fully saturated rings. The summed E-state index contributed by atoms with van der Waals surface area (Å²) in [6.07, 6.45) is 3.84. The number of nitrogens with one attached hydrogen (secondary N) is 1. The molecule has 3 rings (SSSR count). The number of aromatic nitrogens is 1. The van der Waals surface area contributed by atoms with Gasteiger partial charge >= 0.3 is 0 Å². The van der Waals surface area contributed by atoms with E-state index in [0.29, 0.717) is 0 Å². The van der Waals surface area contributed by atoms with E-state index in [2.05, 4.69) is 22.4 Å². The number of hydrogen-bond donors (Lipinski definition) is 2. The number of para-hydroxylation sites is 1. The quantitative estimate of drug-likeness (QED) is 0.847. The van der Waals surface area contributed by atoms with Gasteiger partial charge in [0.2, 0.25) is 0 Å². The van der Waals surface area contributed by atoms with Crippen LogP contribution in [0, 0.1) is 6.92 Å². The average molecular weight is 240 g/mol. The molecule has 1 aromatic carbocycles. The second kappa shape index (κ2) is 4.42. The van der Waals surface area contributed by atoms with Crippen LogP contribution >= 0.6 is 0 Å². The molecule has 2 atom stereocenters. The normalized spacial score (nSPS) is 19.1. The molecular weight excluding hydrogens is 224 g/mol. The Morgan fingerprint density at radius 2 is 2.17 bits per heavy atom. The summed E-state index contributed by atoms with van der Waals surface area (Å²) < 4.78 is 0. The number of aliphatic hydroxyl groups excluding tert-OH is 1. The minimum absolute atomic E-state index is 0.0327. The summed E-state index contributed by atoms with van der Waals surface area (Å²) in [5, 5.41) is 13.9. The second-order valence-corrected chi connectivity index (χ2v) is 4.79. The molecule has 0 aliphatic carbocycles. The number of hydrogen-bond acceptors (Lipinski definition) is 3. The molecule has 1 aliphatic heterocycles. The topological polar surface area (TPSA) is 45.2 Å². The number of benzene rings is 1. The maximum absolute atomic E-state index is 10.5. The second-order valence-electron chi connectivity index (χ2n) is 4.79. The lowest BCUT2D eigenvalue weighted by Gasteiger charge is -2.20. The lowest BCUT2D eigenvalue weighted by molar-refractivity contribution is 0.155. The van der Waals surface area contributed by atoms with Gasteiger partial charge in [-0.3, -0.25) is 4.98 Å². The highest BCUT2D eigenvalue weighted by Gasteiger charge is 2.28. The molecule has 0 radical (unpaired) electrons. The first kappa shape index (κ1) is 11.2. The van der Waals surface area contributed by atoms with Gasteiger partial charge in [-0.15, -0.1) is 0 Å². The van der Waals surface area contributed by atoms with E-state index in [-0.39, 0.29) is 6.04 Å². The number of nitrogens with zero attached hydrogens (tertiary/aromatic N) is 1. The Labute approximate surface area is 107 Å². The van der Waals surface area contributed by atoms with E-state index in [1.807, 2.05) is 25.1 Å². The summed E-state index contributed by atoms with van der Waals surface area (Å²) in [6.45, 7) is 2.00. The summed E-state index contributed by atoms with van der Waals surface area (Å²) in [7, 11) is 0. The molecule has 1 aliphatic rings. The fraction of sp³-hybridized carbons (Fsp3) is 0.267. The number of aliphatic hydroxyl groups is 1. The molecule has 2 N–H and O–H groups in total. The Morgan fingerprint density at radius 1 is 1.33 bits per heavy atom. The lowest BCUT2D eigenvalue weighted by atomic mass is 9.98. The maximum atomic E-state index is 10.5. The van der Waals surface area contributed by atoms with Crippen molar-refractivity contribution >= 4 is 5.69 Å². The molecule has 0 bridgehead atoms. The molecule has 3 heteroatoms. The first-order valence-corrected chi connectivity index (χ1v) is 6.19. The van der Waals surface area contributed by atoms with Gasteiger partial charge in [0.15, 0.2) is 0 Å². The van der Waals surface area contributed by atoms with E-state index >= 15 is 0 Å². The zero-order chi connectivity index (χ0) is 12.5. The monoisotopic (exact) mass is 240 g/mol. The van der Waals surface area contributed by atoms with Crippen molar-refractivity contribution in [1.82, 2.24) is 4.98 Å². The smallest absolute Gasteiger partial charge is 0.101 e. The number of rotatable bonds is 2. The molecule has 3 nitrogen and oxygen atoms in total. The average Bonchev–Trinajstić information content (AvgIpc) is 2.82. The van der Waals surface area contributed by atoms with Crippen molar-refractivity contribution in [3.63, 3.8) is 0 Å². The molecule has 0 saturated carbocycles. The van der Waals surface area contributed by atoms with Crippen LogP contribution in [0.25, 0.3) is 0 Å². The third-order valence-corrected chi connectivity index (χ3v) is 3.58. The highest BCUT2D eigenvalue weighted by molar-refractivity contribution is 5.57. The fourth-order valence-electron chi connectivity index (χ4n) is 2.52. The molecule has 0 amide bonds. The Hall–Kier alpha value is -1.87. The van der Waals surface area contributed by atoms with Crippen molar-refractivity contribution in [2.45, 2.75) is 25.5 Å². The zero-order valence-corrected chi connectivity index (χ0v) is 10.3. The number of pyridine rings is 1. The van der Waals surface area contributed by atoms with Crippen LogP contribution in [0.1, 0.15) is 22.8 Å². The molecular formula is C15H16N2O. The van der Waals surface area contributed by atoms with E-state index in [9.17, 15) is 5.11 Å². The minimum Gasteiger partial charge on any atom is -0.386 e. The van der Waals surface area contributed by atoms with Crippen molar-refractivity contribution in [2.24, 2.45) is 0 Å². The van der Waals surface area contributed by atoms with Gasteiger partial charge in [-0.1, -0.05) is 18.2 Å². The molecule has 2 aromatic rings. The van der Waals surface area contributed by atoms with Crippen LogP contribution in [0.3, 0.4) is 0 Å². The van der Waals surface area contributed by atoms with Crippen molar-refractivity contribution in [3.05, 3.63) is 59.4 Å². The van der Waals surface area contributed by atoms with E-state index in [1.54, 1.807) is 12.4 Å². The van der Waals surface area contributed by atoms with Gasteiger partial charge in [-0.2, -0.15) is 0 Å². The molecule has 0 spiro atoms. The lowest BCUT2D eigenvalue weighted by Crippen LogP contribution is -2.25. The van der Waals surface area contributed by atoms with Gasteiger partial charge in [0.25, 0.3) is 0 Å². The first-order chi connectivity index (χ1) is 8.75. The van der Waals surface area contributed by atoms with Crippen molar-refractivity contribution in [3.8, 4) is 0 Å². The van der Waals surface area contributed by atoms with Gasteiger partial charge < -0.3 is 10.4 Å². The number of anilines is 1. The molecule has 18 heavy (non-hydrogen) atoms. The molecule has 0 saturated heterocycles. The Bertz CT molecular complexity index is 543. The Kier molecular flexibility index (Phi) is 2.76. The summed E-state index contributed by atoms with van der Waals surface area (Å²) >= 11 is 0. The highest BCUT2D eigenvalue weighted by Crippen LogP contribution is 2.32. The van der Waals surface area contributed by atoms with Crippen LogP contribution in [0.4, 0.5) is 5.69 Å². The summed E-state index contributed by atoms with van der Waals surface area (Å²) in [5.41, 5.74) is 4.38. The standard InChI is InChI=1S/C15H16N2O/c1-10-6-7-16-9-12(10)15(18)14-8-11-4-2-3-5-13(11)17-14/h2-7,9,14-15,17-18H,8H2,1H3. The molecule has 92 valence electrons. The van der Waals surface area contributed by atoms with E-state index in [1.165, 1.54) is 5.56 Å². The Morgan fingerprint density at radius 3 is 2.94 bits per heavy atom. The van der Waals surface area contributed by atoms with Gasteiger partial charge in [-0.05, 0) is 36.6 Å². The SMILES string of the molecule is Cc1ccncc1C(O)C1Cc2ccccc2N1. The Balaban J connectivity index is 1.85. The van der Waals surface area contributed by atoms with Gasteiger partial charge in [0.1, 0.15) is 6.10 Å². The van der Waals surface area contributed by atoms with Crippen molar-refractivity contribution < 1.29 is 5.11 Å². The van der Waals surface area contributed by atoms with Gasteiger partial charge in [0, 0.05) is 23.6 Å². The molecule has 1 aromatic heterocycles. The van der Waals surface area contributed by atoms with Crippen LogP contribution in [-0.2, 0) is 6.42 Å². The zero-order valence-electron chi connectivity index (χ0n) is 10.3. The summed E-state index contributed by atoms with van der Waals surface area (Å²) in [6, 6.07) is 10.2. The van der Waals surface area contributed by atoms with Crippen molar-refractivity contribution in [1.29, 1.82) is 0 Å².